The summed E-state index contributed by atoms with van der Waals surface area (Å²) in [6.07, 6.45) is 3.13. The van der Waals surface area contributed by atoms with E-state index in [0.717, 1.165) is 22.0 Å². The van der Waals surface area contributed by atoms with Crippen molar-refractivity contribution in [3.63, 3.8) is 0 Å². The predicted octanol–water partition coefficient (Wildman–Crippen LogP) is 3.92. The van der Waals surface area contributed by atoms with Crippen LogP contribution in [0.15, 0.2) is 66.6 Å². The first-order valence-electron chi connectivity index (χ1n) is 9.03. The molecule has 8 heteroatoms. The van der Waals surface area contributed by atoms with Crippen LogP contribution in [0.3, 0.4) is 0 Å². The molecule has 0 aliphatic carbocycles. The molecule has 0 bridgehead atoms. The Labute approximate surface area is 172 Å². The minimum Gasteiger partial charge on any atom is -0.487 e. The lowest BCUT2D eigenvalue weighted by Crippen LogP contribution is -2.14. The predicted molar refractivity (Wildman–Crippen MR) is 111 cm³/mol. The molecule has 7 nitrogen and oxygen atoms in total. The number of hydrogen-bond donors (Lipinski definition) is 1. The van der Waals surface area contributed by atoms with Crippen LogP contribution in [0.5, 0.6) is 5.75 Å². The van der Waals surface area contributed by atoms with Crippen LogP contribution in [0.2, 0.25) is 0 Å². The number of aryl methyl sites for hydroxylation is 1. The van der Waals surface area contributed by atoms with E-state index in [1.807, 2.05) is 42.6 Å². The quantitative estimate of drug-likeness (QED) is 0.504. The second-order valence-electron chi connectivity index (χ2n) is 6.38. The second-order valence-corrected chi connectivity index (χ2v) is 7.44. The zero-order valence-corrected chi connectivity index (χ0v) is 16.6. The first kappa shape index (κ1) is 18.8. The molecule has 0 spiro atoms. The molecule has 2 heterocycles. The van der Waals surface area contributed by atoms with Crippen molar-refractivity contribution in [1.82, 2.24) is 19.7 Å². The molecule has 146 valence electrons. The summed E-state index contributed by atoms with van der Waals surface area (Å²) in [6, 6.07) is 14.8. The fourth-order valence-corrected chi connectivity index (χ4v) is 3.42. The highest BCUT2D eigenvalue weighted by molar-refractivity contribution is 7.09. The normalized spacial score (nSPS) is 10.7. The molecule has 4 aromatic rings. The van der Waals surface area contributed by atoms with E-state index in [4.69, 9.17) is 4.74 Å². The molecule has 0 radical (unpaired) electrons. The number of hydrogen-bond acceptors (Lipinski definition) is 6. The summed E-state index contributed by atoms with van der Waals surface area (Å²) in [5.41, 5.74) is 3.08. The van der Waals surface area contributed by atoms with Gasteiger partial charge in [0.25, 0.3) is 5.91 Å². The first-order valence-corrected chi connectivity index (χ1v) is 9.91. The van der Waals surface area contributed by atoms with E-state index in [-0.39, 0.29) is 5.91 Å². The summed E-state index contributed by atoms with van der Waals surface area (Å²) in [6.45, 7) is 2.85. The van der Waals surface area contributed by atoms with Gasteiger partial charge in [-0.2, -0.15) is 5.10 Å². The monoisotopic (exact) mass is 405 g/mol. The molecule has 2 aromatic heterocycles. The van der Waals surface area contributed by atoms with Crippen LogP contribution < -0.4 is 10.1 Å². The highest BCUT2D eigenvalue weighted by Gasteiger charge is 2.11. The van der Waals surface area contributed by atoms with Crippen molar-refractivity contribution in [2.45, 2.75) is 20.1 Å². The number of thiazole rings is 1. The van der Waals surface area contributed by atoms with E-state index in [1.165, 1.54) is 6.33 Å². The number of carbonyl (C=O) groups excluding carboxylic acids is 1. The van der Waals surface area contributed by atoms with Gasteiger partial charge in [0.05, 0.1) is 17.2 Å². The van der Waals surface area contributed by atoms with Gasteiger partial charge in [-0.3, -0.25) is 4.79 Å². The Morgan fingerprint density at radius 2 is 2.10 bits per heavy atom. The van der Waals surface area contributed by atoms with Crippen LogP contribution in [0, 0.1) is 6.92 Å². The van der Waals surface area contributed by atoms with Gasteiger partial charge >= 0.3 is 0 Å². The molecule has 0 aliphatic heterocycles. The molecule has 0 saturated heterocycles. The van der Waals surface area contributed by atoms with Crippen LogP contribution in [-0.4, -0.2) is 25.7 Å². The average Bonchev–Trinajstić information content (AvgIpc) is 3.40. The van der Waals surface area contributed by atoms with Gasteiger partial charge < -0.3 is 10.1 Å². The molecule has 29 heavy (non-hydrogen) atoms. The van der Waals surface area contributed by atoms with Crippen LogP contribution in [-0.2, 0) is 13.2 Å². The number of ether oxygens (including phenoxy) is 1. The Morgan fingerprint density at radius 3 is 2.90 bits per heavy atom. The van der Waals surface area contributed by atoms with E-state index in [1.54, 1.807) is 40.5 Å². The van der Waals surface area contributed by atoms with Crippen molar-refractivity contribution in [2.75, 3.05) is 5.32 Å². The lowest BCUT2D eigenvalue weighted by molar-refractivity contribution is 0.102. The third-order valence-electron chi connectivity index (χ3n) is 4.21. The topological polar surface area (TPSA) is 81.9 Å². The lowest BCUT2D eigenvalue weighted by Gasteiger charge is -2.12. The van der Waals surface area contributed by atoms with E-state index in [9.17, 15) is 4.79 Å². The molecule has 4 rings (SSSR count). The van der Waals surface area contributed by atoms with E-state index in [0.29, 0.717) is 24.5 Å². The maximum atomic E-state index is 12.8. The van der Waals surface area contributed by atoms with Gasteiger partial charge in [0, 0.05) is 16.6 Å². The van der Waals surface area contributed by atoms with Gasteiger partial charge in [0.15, 0.2) is 0 Å². The number of para-hydroxylation sites is 1. The van der Waals surface area contributed by atoms with E-state index < -0.39 is 0 Å². The summed E-state index contributed by atoms with van der Waals surface area (Å²) in [5, 5.41) is 10.1. The molecule has 0 unspecified atom stereocenters. The Bertz CT molecular complexity index is 1110. The maximum Gasteiger partial charge on any atom is 0.255 e. The summed E-state index contributed by atoms with van der Waals surface area (Å²) in [4.78, 5) is 21.1. The van der Waals surface area contributed by atoms with Crippen molar-refractivity contribution in [3.8, 4) is 5.75 Å². The van der Waals surface area contributed by atoms with Crippen LogP contribution >= 0.6 is 11.3 Å². The minimum atomic E-state index is -0.203. The van der Waals surface area contributed by atoms with Crippen LogP contribution in [0.4, 0.5) is 5.69 Å². The summed E-state index contributed by atoms with van der Waals surface area (Å²) in [5.74, 6) is 0.421. The number of aromatic nitrogens is 4. The SMILES string of the molecule is Cc1nc(COc2cccc(C(=O)Nc3ccccc3Cn3cncn3)c2)cs1. The highest BCUT2D eigenvalue weighted by Crippen LogP contribution is 2.20. The van der Waals surface area contributed by atoms with Crippen molar-refractivity contribution in [2.24, 2.45) is 0 Å². The van der Waals surface area contributed by atoms with Gasteiger partial charge in [-0.1, -0.05) is 24.3 Å². The molecule has 0 saturated carbocycles. The third-order valence-corrected chi connectivity index (χ3v) is 5.04. The standard InChI is InChI=1S/C21H19N5O2S/c1-15-24-18(12-29-15)11-28-19-7-4-6-16(9-19)21(27)25-20-8-3-2-5-17(20)10-26-14-22-13-23-26/h2-9,12-14H,10-11H2,1H3,(H,25,27). The number of carbonyl (C=O) groups is 1. The zero-order valence-electron chi connectivity index (χ0n) is 15.8. The number of nitrogens with one attached hydrogen (secondary N) is 1. The smallest absolute Gasteiger partial charge is 0.255 e. The Kier molecular flexibility index (Phi) is 5.62. The van der Waals surface area contributed by atoms with Gasteiger partial charge in [-0.05, 0) is 36.8 Å². The number of benzene rings is 2. The second kappa shape index (κ2) is 8.66. The van der Waals surface area contributed by atoms with Crippen LogP contribution in [0.1, 0.15) is 26.6 Å². The molecular weight excluding hydrogens is 386 g/mol. The fourth-order valence-electron chi connectivity index (χ4n) is 2.82. The summed E-state index contributed by atoms with van der Waals surface area (Å²) >= 11 is 1.59. The third kappa shape index (κ3) is 4.85. The largest absolute Gasteiger partial charge is 0.487 e. The maximum absolute atomic E-state index is 12.8. The van der Waals surface area contributed by atoms with Gasteiger partial charge in [0.2, 0.25) is 0 Å². The molecule has 0 atom stereocenters. The molecule has 1 N–H and O–H groups in total. The Morgan fingerprint density at radius 1 is 1.21 bits per heavy atom. The van der Waals surface area contributed by atoms with Crippen LogP contribution in [0.25, 0.3) is 0 Å². The number of nitrogens with zero attached hydrogens (tertiary/aromatic N) is 4. The first-order chi connectivity index (χ1) is 14.2. The Hall–Kier alpha value is -3.52. The lowest BCUT2D eigenvalue weighted by atomic mass is 10.1. The number of amides is 1. The molecule has 2 aromatic carbocycles. The van der Waals surface area contributed by atoms with Gasteiger partial charge in [-0.25, -0.2) is 14.6 Å². The molecule has 0 fully saturated rings. The number of rotatable bonds is 7. The fraction of sp³-hybridized carbons (Fsp3) is 0.143. The highest BCUT2D eigenvalue weighted by atomic mass is 32.1. The minimum absolute atomic E-state index is 0.203. The average molecular weight is 405 g/mol. The van der Waals surface area contributed by atoms with E-state index >= 15 is 0 Å². The zero-order chi connectivity index (χ0) is 20.1. The van der Waals surface area contributed by atoms with Gasteiger partial charge in [0.1, 0.15) is 25.0 Å². The Balaban J connectivity index is 1.45. The van der Waals surface area contributed by atoms with Crippen molar-refractivity contribution in [3.05, 3.63) is 88.4 Å². The van der Waals surface area contributed by atoms with E-state index in [2.05, 4.69) is 20.4 Å². The summed E-state index contributed by atoms with van der Waals surface area (Å²) < 4.78 is 7.49. The molecule has 1 amide bonds. The molecular formula is C21H19N5O2S. The van der Waals surface area contributed by atoms with Crippen molar-refractivity contribution < 1.29 is 9.53 Å². The van der Waals surface area contributed by atoms with Gasteiger partial charge in [-0.15, -0.1) is 11.3 Å². The van der Waals surface area contributed by atoms with Crippen molar-refractivity contribution >= 4 is 22.9 Å². The van der Waals surface area contributed by atoms with Crippen molar-refractivity contribution in [1.29, 1.82) is 0 Å². The summed E-state index contributed by atoms with van der Waals surface area (Å²) in [7, 11) is 0. The molecule has 0 aliphatic rings. The number of anilines is 1.